The second-order valence-electron chi connectivity index (χ2n) is 5.44. The Balaban J connectivity index is 1.74. The van der Waals surface area contributed by atoms with Crippen molar-refractivity contribution in [3.8, 4) is 5.88 Å². The second kappa shape index (κ2) is 6.45. The van der Waals surface area contributed by atoms with Crippen molar-refractivity contribution in [3.63, 3.8) is 0 Å². The number of carbonyl (C=O) groups is 2. The van der Waals surface area contributed by atoms with Crippen LogP contribution in [0.5, 0.6) is 5.88 Å². The van der Waals surface area contributed by atoms with E-state index < -0.39 is 5.97 Å². The van der Waals surface area contributed by atoms with E-state index in [1.807, 2.05) is 25.1 Å². The van der Waals surface area contributed by atoms with Crippen LogP contribution in [0.4, 0.5) is 5.69 Å². The lowest BCUT2D eigenvalue weighted by Crippen LogP contribution is -2.14. The first kappa shape index (κ1) is 15.6. The number of aryl methyl sites for hydroxylation is 2. The minimum absolute atomic E-state index is 0.227. The first-order chi connectivity index (χ1) is 11.5. The molecule has 6 nitrogen and oxygen atoms in total. The smallest absolute Gasteiger partial charge is 0.361 e. The molecule has 0 atom stereocenters. The lowest BCUT2D eigenvalue weighted by atomic mass is 10.2. The molecule has 0 aliphatic heterocycles. The van der Waals surface area contributed by atoms with Gasteiger partial charge < -0.3 is 20.0 Å². The summed E-state index contributed by atoms with van der Waals surface area (Å²) in [5.74, 6) is -0.574. The van der Waals surface area contributed by atoms with Crippen molar-refractivity contribution in [3.05, 3.63) is 71.2 Å². The van der Waals surface area contributed by atoms with Gasteiger partial charge in [-0.05, 0) is 43.2 Å². The zero-order chi connectivity index (χ0) is 17.1. The molecule has 0 bridgehead atoms. The van der Waals surface area contributed by atoms with Gasteiger partial charge in [-0.1, -0.05) is 18.2 Å². The van der Waals surface area contributed by atoms with Crippen LogP contribution >= 0.6 is 0 Å². The molecule has 0 radical (unpaired) electrons. The Morgan fingerprint density at radius 3 is 2.42 bits per heavy atom. The number of rotatable bonds is 4. The number of nitrogens with one attached hydrogen (secondary N) is 3. The van der Waals surface area contributed by atoms with Crippen molar-refractivity contribution in [1.29, 1.82) is 0 Å². The Labute approximate surface area is 138 Å². The summed E-state index contributed by atoms with van der Waals surface area (Å²) in [5, 5.41) is 2.79. The second-order valence-corrected chi connectivity index (χ2v) is 5.44. The largest absolute Gasteiger partial charge is 0.405 e. The van der Waals surface area contributed by atoms with Crippen LogP contribution in [0.2, 0.25) is 0 Å². The topological polar surface area (TPSA) is 87.0 Å². The molecule has 2 heterocycles. The average Bonchev–Trinajstić information content (AvgIpc) is 3.14. The Morgan fingerprint density at radius 1 is 1.00 bits per heavy atom. The Bertz CT molecular complexity index is 878. The fraction of sp³-hybridized carbons (Fsp3) is 0.111. The molecule has 6 heteroatoms. The Morgan fingerprint density at radius 2 is 1.75 bits per heavy atom. The van der Waals surface area contributed by atoms with Crippen molar-refractivity contribution in [2.24, 2.45) is 0 Å². The minimum Gasteiger partial charge on any atom is -0.405 e. The first-order valence-electron chi connectivity index (χ1n) is 7.47. The van der Waals surface area contributed by atoms with Crippen molar-refractivity contribution in [1.82, 2.24) is 9.97 Å². The molecule has 0 aliphatic carbocycles. The van der Waals surface area contributed by atoms with Crippen LogP contribution in [0.15, 0.2) is 48.7 Å². The lowest BCUT2D eigenvalue weighted by molar-refractivity contribution is 0.0721. The van der Waals surface area contributed by atoms with Gasteiger partial charge in [0.15, 0.2) is 0 Å². The lowest BCUT2D eigenvalue weighted by Gasteiger charge is -2.04. The fourth-order valence-corrected chi connectivity index (χ4v) is 2.35. The van der Waals surface area contributed by atoms with E-state index in [1.165, 1.54) is 0 Å². The van der Waals surface area contributed by atoms with Gasteiger partial charge in [0.1, 0.15) is 11.4 Å². The molecule has 0 spiro atoms. The SMILES string of the molecule is Cc1cc(OC(=O)c2[nH]ccc2C)[nH]c1C(=O)Nc1ccccc1. The van der Waals surface area contributed by atoms with Crippen molar-refractivity contribution < 1.29 is 14.3 Å². The monoisotopic (exact) mass is 323 g/mol. The van der Waals surface area contributed by atoms with E-state index in [9.17, 15) is 9.59 Å². The van der Waals surface area contributed by atoms with Crippen molar-refractivity contribution >= 4 is 17.6 Å². The molecule has 24 heavy (non-hydrogen) atoms. The number of hydrogen-bond donors (Lipinski definition) is 3. The number of aromatic nitrogens is 2. The van der Waals surface area contributed by atoms with Crippen LogP contribution in [0.25, 0.3) is 0 Å². The highest BCUT2D eigenvalue weighted by atomic mass is 16.5. The fourth-order valence-electron chi connectivity index (χ4n) is 2.35. The molecule has 0 aliphatic rings. The molecular weight excluding hydrogens is 306 g/mol. The van der Waals surface area contributed by atoms with Gasteiger partial charge in [0.05, 0.1) is 0 Å². The highest BCUT2D eigenvalue weighted by Gasteiger charge is 2.17. The summed E-state index contributed by atoms with van der Waals surface area (Å²) in [6.45, 7) is 3.58. The van der Waals surface area contributed by atoms with E-state index in [0.717, 1.165) is 5.56 Å². The standard InChI is InChI=1S/C18H17N3O3/c1-11-8-9-19-16(11)18(23)24-14-10-12(2)15(21-14)17(22)20-13-6-4-3-5-7-13/h3-10,19,21H,1-2H3,(H,20,22). The predicted molar refractivity (Wildman–Crippen MR) is 90.4 cm³/mol. The van der Waals surface area contributed by atoms with E-state index in [1.54, 1.807) is 37.4 Å². The zero-order valence-corrected chi connectivity index (χ0v) is 13.3. The van der Waals surface area contributed by atoms with Crippen LogP contribution in [-0.4, -0.2) is 21.8 Å². The quantitative estimate of drug-likeness (QED) is 0.643. The average molecular weight is 323 g/mol. The van der Waals surface area contributed by atoms with E-state index in [2.05, 4.69) is 15.3 Å². The normalized spacial score (nSPS) is 10.4. The third-order valence-electron chi connectivity index (χ3n) is 3.61. The van der Waals surface area contributed by atoms with Gasteiger partial charge in [-0.15, -0.1) is 0 Å². The molecule has 0 unspecified atom stereocenters. The molecule has 2 aromatic heterocycles. The highest BCUT2D eigenvalue weighted by Crippen LogP contribution is 2.19. The van der Waals surface area contributed by atoms with Crippen LogP contribution in [0.3, 0.4) is 0 Å². The Kier molecular flexibility index (Phi) is 4.20. The summed E-state index contributed by atoms with van der Waals surface area (Å²) < 4.78 is 5.30. The van der Waals surface area contributed by atoms with E-state index >= 15 is 0 Å². The molecule has 1 amide bonds. The number of anilines is 1. The molecule has 1 aromatic carbocycles. The maximum absolute atomic E-state index is 12.3. The van der Waals surface area contributed by atoms with E-state index in [4.69, 9.17) is 4.74 Å². The van der Waals surface area contributed by atoms with Crippen LogP contribution in [0.1, 0.15) is 32.1 Å². The van der Waals surface area contributed by atoms with Gasteiger partial charge >= 0.3 is 5.97 Å². The summed E-state index contributed by atoms with van der Waals surface area (Å²) in [6.07, 6.45) is 1.67. The van der Waals surface area contributed by atoms with E-state index in [0.29, 0.717) is 22.6 Å². The summed E-state index contributed by atoms with van der Waals surface area (Å²) in [5.41, 5.74) is 2.92. The van der Waals surface area contributed by atoms with Gasteiger partial charge in [0.2, 0.25) is 5.88 Å². The molecule has 3 rings (SSSR count). The van der Waals surface area contributed by atoms with Crippen LogP contribution in [0, 0.1) is 13.8 Å². The van der Waals surface area contributed by atoms with Gasteiger partial charge in [-0.25, -0.2) is 4.79 Å². The van der Waals surface area contributed by atoms with Gasteiger partial charge in [0, 0.05) is 18.0 Å². The van der Waals surface area contributed by atoms with Crippen molar-refractivity contribution in [2.75, 3.05) is 5.32 Å². The third kappa shape index (κ3) is 3.22. The zero-order valence-electron chi connectivity index (χ0n) is 13.3. The summed E-state index contributed by atoms with van der Waals surface area (Å²) >= 11 is 0. The van der Waals surface area contributed by atoms with Crippen molar-refractivity contribution in [2.45, 2.75) is 13.8 Å². The molecule has 0 saturated heterocycles. The number of para-hydroxylation sites is 1. The van der Waals surface area contributed by atoms with Gasteiger partial charge in [0.25, 0.3) is 5.91 Å². The molecular formula is C18H17N3O3. The van der Waals surface area contributed by atoms with Gasteiger partial charge in [-0.2, -0.15) is 0 Å². The number of carbonyl (C=O) groups excluding carboxylic acids is 2. The number of esters is 1. The summed E-state index contributed by atoms with van der Waals surface area (Å²) in [6, 6.07) is 12.5. The number of amides is 1. The Hall–Kier alpha value is -3.28. The number of hydrogen-bond acceptors (Lipinski definition) is 3. The molecule has 0 fully saturated rings. The number of ether oxygens (including phenoxy) is 1. The van der Waals surface area contributed by atoms with Gasteiger partial charge in [-0.3, -0.25) is 4.79 Å². The maximum Gasteiger partial charge on any atom is 0.361 e. The molecule has 0 saturated carbocycles. The molecule has 122 valence electrons. The van der Waals surface area contributed by atoms with Crippen LogP contribution in [-0.2, 0) is 0 Å². The molecule has 3 N–H and O–H groups in total. The minimum atomic E-state index is -0.506. The van der Waals surface area contributed by atoms with E-state index in [-0.39, 0.29) is 11.8 Å². The third-order valence-corrected chi connectivity index (χ3v) is 3.61. The molecule has 3 aromatic rings. The first-order valence-corrected chi connectivity index (χ1v) is 7.47. The number of aromatic amines is 2. The summed E-state index contributed by atoms with van der Waals surface area (Å²) in [7, 11) is 0. The maximum atomic E-state index is 12.3. The predicted octanol–water partition coefficient (Wildman–Crippen LogP) is 3.43. The highest BCUT2D eigenvalue weighted by molar-refractivity contribution is 6.04. The number of H-pyrrole nitrogens is 2. The number of benzene rings is 1. The summed E-state index contributed by atoms with van der Waals surface area (Å²) in [4.78, 5) is 30.1. The van der Waals surface area contributed by atoms with Crippen LogP contribution < -0.4 is 10.1 Å².